The van der Waals surface area contributed by atoms with Crippen LogP contribution in [-0.4, -0.2) is 59.3 Å². The van der Waals surface area contributed by atoms with E-state index in [0.717, 1.165) is 50.4 Å². The van der Waals surface area contributed by atoms with Gasteiger partial charge in [0, 0.05) is 44.3 Å². The second-order valence-corrected chi connectivity index (χ2v) is 5.80. The van der Waals surface area contributed by atoms with Crippen LogP contribution < -0.4 is 0 Å². The molecule has 1 aromatic carbocycles. The standard InChI is InChI=1S/C15H23ClN2O2/c1-12(20)15-3-2-14(16)10-13(15)11-18-6-4-17(5-7-18)8-9-19/h2-3,10,12,19-20H,4-9,11H2,1H3. The number of β-amino-alcohol motifs (C(OH)–C–C–N with tert-alkyl or cyclic N) is 1. The zero-order chi connectivity index (χ0) is 14.5. The van der Waals surface area contributed by atoms with Crippen molar-refractivity contribution in [2.75, 3.05) is 39.3 Å². The van der Waals surface area contributed by atoms with E-state index < -0.39 is 6.10 Å². The van der Waals surface area contributed by atoms with E-state index in [4.69, 9.17) is 16.7 Å². The summed E-state index contributed by atoms with van der Waals surface area (Å²) in [5.74, 6) is 0. The third kappa shape index (κ3) is 4.17. The summed E-state index contributed by atoms with van der Waals surface area (Å²) >= 11 is 6.07. The maximum Gasteiger partial charge on any atom is 0.0765 e. The van der Waals surface area contributed by atoms with Crippen LogP contribution in [-0.2, 0) is 6.54 Å². The first kappa shape index (κ1) is 15.7. The van der Waals surface area contributed by atoms with Gasteiger partial charge in [0.15, 0.2) is 0 Å². The van der Waals surface area contributed by atoms with Crippen molar-refractivity contribution in [3.63, 3.8) is 0 Å². The molecular weight excluding hydrogens is 276 g/mol. The van der Waals surface area contributed by atoms with Crippen molar-refractivity contribution in [1.29, 1.82) is 0 Å². The molecule has 0 aliphatic carbocycles. The van der Waals surface area contributed by atoms with Crippen LogP contribution in [0.2, 0.25) is 5.02 Å². The topological polar surface area (TPSA) is 46.9 Å². The van der Waals surface area contributed by atoms with Crippen LogP contribution in [0.15, 0.2) is 18.2 Å². The van der Waals surface area contributed by atoms with Gasteiger partial charge in [0.2, 0.25) is 0 Å². The minimum atomic E-state index is -0.474. The summed E-state index contributed by atoms with van der Waals surface area (Å²) in [6.45, 7) is 7.48. The zero-order valence-electron chi connectivity index (χ0n) is 11.9. The van der Waals surface area contributed by atoms with E-state index in [0.29, 0.717) is 5.02 Å². The lowest BCUT2D eigenvalue weighted by atomic mass is 10.0. The van der Waals surface area contributed by atoms with E-state index in [1.165, 1.54) is 0 Å². The van der Waals surface area contributed by atoms with Crippen molar-refractivity contribution in [3.8, 4) is 0 Å². The monoisotopic (exact) mass is 298 g/mol. The molecule has 1 fully saturated rings. The Hall–Kier alpha value is -0.650. The van der Waals surface area contributed by atoms with Crippen molar-refractivity contribution in [2.24, 2.45) is 0 Å². The third-order valence-electron chi connectivity index (χ3n) is 3.83. The van der Waals surface area contributed by atoms with Crippen molar-refractivity contribution in [1.82, 2.24) is 9.80 Å². The van der Waals surface area contributed by atoms with Crippen molar-refractivity contribution >= 4 is 11.6 Å². The fraction of sp³-hybridized carbons (Fsp3) is 0.600. The number of hydrogen-bond acceptors (Lipinski definition) is 4. The van der Waals surface area contributed by atoms with Gasteiger partial charge in [-0.25, -0.2) is 0 Å². The van der Waals surface area contributed by atoms with Crippen LogP contribution in [0.5, 0.6) is 0 Å². The number of halogens is 1. The Morgan fingerprint density at radius 1 is 1.20 bits per heavy atom. The second-order valence-electron chi connectivity index (χ2n) is 5.36. The first-order valence-electron chi connectivity index (χ1n) is 7.12. The Kier molecular flexibility index (Phi) is 5.81. The smallest absolute Gasteiger partial charge is 0.0765 e. The number of rotatable bonds is 5. The molecule has 1 aliphatic rings. The molecule has 112 valence electrons. The summed E-state index contributed by atoms with van der Waals surface area (Å²) in [7, 11) is 0. The molecular formula is C15H23ClN2O2. The van der Waals surface area contributed by atoms with Crippen molar-refractivity contribution < 1.29 is 10.2 Å². The molecule has 0 radical (unpaired) electrons. The highest BCUT2D eigenvalue weighted by Gasteiger charge is 2.18. The van der Waals surface area contributed by atoms with E-state index in [-0.39, 0.29) is 6.61 Å². The van der Waals surface area contributed by atoms with E-state index in [1.807, 2.05) is 18.2 Å². The summed E-state index contributed by atoms with van der Waals surface area (Å²) in [5, 5.41) is 19.5. The van der Waals surface area contributed by atoms with Crippen molar-refractivity contribution in [2.45, 2.75) is 19.6 Å². The maximum absolute atomic E-state index is 9.84. The third-order valence-corrected chi connectivity index (χ3v) is 4.07. The number of nitrogens with zero attached hydrogens (tertiary/aromatic N) is 2. The normalized spacial score (nSPS) is 19.2. The van der Waals surface area contributed by atoms with Crippen LogP contribution in [0, 0.1) is 0 Å². The molecule has 0 bridgehead atoms. The van der Waals surface area contributed by atoms with Crippen LogP contribution in [0.3, 0.4) is 0 Å². The summed E-state index contributed by atoms with van der Waals surface area (Å²) in [6, 6.07) is 5.68. The van der Waals surface area contributed by atoms with Gasteiger partial charge in [-0.05, 0) is 30.2 Å². The summed E-state index contributed by atoms with van der Waals surface area (Å²) < 4.78 is 0. The second kappa shape index (κ2) is 7.38. The van der Waals surface area contributed by atoms with E-state index in [1.54, 1.807) is 6.92 Å². The van der Waals surface area contributed by atoms with Crippen LogP contribution in [0.4, 0.5) is 0 Å². The maximum atomic E-state index is 9.84. The minimum Gasteiger partial charge on any atom is -0.395 e. The van der Waals surface area contributed by atoms with E-state index >= 15 is 0 Å². The Morgan fingerprint density at radius 3 is 2.45 bits per heavy atom. The Morgan fingerprint density at radius 2 is 1.85 bits per heavy atom. The molecule has 1 atom stereocenters. The van der Waals surface area contributed by atoms with Crippen molar-refractivity contribution in [3.05, 3.63) is 34.3 Å². The Labute approximate surface area is 125 Å². The van der Waals surface area contributed by atoms with Crippen LogP contribution in [0.25, 0.3) is 0 Å². The Bertz CT molecular complexity index is 432. The van der Waals surface area contributed by atoms with Gasteiger partial charge < -0.3 is 10.2 Å². The van der Waals surface area contributed by atoms with Gasteiger partial charge in [0.25, 0.3) is 0 Å². The molecule has 2 N–H and O–H groups in total. The fourth-order valence-corrected chi connectivity index (χ4v) is 2.87. The Balaban J connectivity index is 1.98. The van der Waals surface area contributed by atoms with Gasteiger partial charge in [-0.3, -0.25) is 9.80 Å². The van der Waals surface area contributed by atoms with Gasteiger partial charge in [0.1, 0.15) is 0 Å². The molecule has 4 nitrogen and oxygen atoms in total. The first-order chi connectivity index (χ1) is 9.60. The highest BCUT2D eigenvalue weighted by Crippen LogP contribution is 2.23. The number of piperazine rings is 1. The molecule has 1 aliphatic heterocycles. The molecule has 0 amide bonds. The predicted octanol–water partition coefficient (Wildman–Crippen LogP) is 1.50. The fourth-order valence-electron chi connectivity index (χ4n) is 2.67. The van der Waals surface area contributed by atoms with Crippen LogP contribution in [0.1, 0.15) is 24.2 Å². The largest absolute Gasteiger partial charge is 0.395 e. The quantitative estimate of drug-likeness (QED) is 0.865. The average Bonchev–Trinajstić information content (AvgIpc) is 2.41. The van der Waals surface area contributed by atoms with Crippen LogP contribution >= 0.6 is 11.6 Å². The molecule has 1 saturated heterocycles. The molecule has 1 heterocycles. The van der Waals surface area contributed by atoms with Gasteiger partial charge in [0.05, 0.1) is 12.7 Å². The predicted molar refractivity (Wildman–Crippen MR) is 80.9 cm³/mol. The SMILES string of the molecule is CC(O)c1ccc(Cl)cc1CN1CCN(CCO)CC1. The number of benzene rings is 1. The summed E-state index contributed by atoms with van der Waals surface area (Å²) in [5.41, 5.74) is 2.05. The molecule has 0 aromatic heterocycles. The molecule has 1 unspecified atom stereocenters. The average molecular weight is 299 g/mol. The number of aliphatic hydroxyl groups is 2. The lowest BCUT2D eigenvalue weighted by Gasteiger charge is -2.34. The first-order valence-corrected chi connectivity index (χ1v) is 7.50. The lowest BCUT2D eigenvalue weighted by molar-refractivity contribution is 0.107. The molecule has 0 saturated carbocycles. The molecule has 5 heteroatoms. The van der Waals surface area contributed by atoms with Gasteiger partial charge >= 0.3 is 0 Å². The number of aliphatic hydroxyl groups excluding tert-OH is 2. The highest BCUT2D eigenvalue weighted by atomic mass is 35.5. The molecule has 2 rings (SSSR count). The minimum absolute atomic E-state index is 0.223. The van der Waals surface area contributed by atoms with E-state index in [2.05, 4.69) is 9.80 Å². The van der Waals surface area contributed by atoms with Gasteiger partial charge in [-0.1, -0.05) is 17.7 Å². The van der Waals surface area contributed by atoms with Gasteiger partial charge in [-0.15, -0.1) is 0 Å². The molecule has 20 heavy (non-hydrogen) atoms. The highest BCUT2D eigenvalue weighted by molar-refractivity contribution is 6.30. The lowest BCUT2D eigenvalue weighted by Crippen LogP contribution is -2.46. The van der Waals surface area contributed by atoms with Gasteiger partial charge in [-0.2, -0.15) is 0 Å². The number of hydrogen-bond donors (Lipinski definition) is 2. The van der Waals surface area contributed by atoms with E-state index in [9.17, 15) is 5.11 Å². The zero-order valence-corrected chi connectivity index (χ0v) is 12.7. The molecule has 0 spiro atoms. The molecule has 1 aromatic rings. The summed E-state index contributed by atoms with van der Waals surface area (Å²) in [4.78, 5) is 4.63. The summed E-state index contributed by atoms with van der Waals surface area (Å²) in [6.07, 6.45) is -0.474.